The van der Waals surface area contributed by atoms with Crippen LogP contribution in [0.15, 0.2) is 48.5 Å². The first kappa shape index (κ1) is 28.1. The largest absolute Gasteiger partial charge is 0.480 e. The van der Waals surface area contributed by atoms with Crippen molar-refractivity contribution in [1.29, 1.82) is 0 Å². The van der Waals surface area contributed by atoms with Crippen molar-refractivity contribution in [2.45, 2.75) is 57.6 Å². The lowest BCUT2D eigenvalue weighted by atomic mass is 9.77. The van der Waals surface area contributed by atoms with Gasteiger partial charge in [0.2, 0.25) is 0 Å². The monoisotopic (exact) mass is 598 g/mol. The van der Waals surface area contributed by atoms with Crippen molar-refractivity contribution in [2.24, 2.45) is 5.92 Å². The highest BCUT2D eigenvalue weighted by molar-refractivity contribution is 6.30. The number of halogens is 5. The molecule has 0 bridgehead atoms. The number of nitrogens with one attached hydrogen (secondary N) is 1. The smallest absolute Gasteiger partial charge is 0.191 e. The van der Waals surface area contributed by atoms with Gasteiger partial charge in [-0.2, -0.15) is 0 Å². The number of ether oxygens (including phenoxy) is 1. The summed E-state index contributed by atoms with van der Waals surface area (Å²) in [6, 6.07) is 10.7. The minimum absolute atomic E-state index is 0.0176. The van der Waals surface area contributed by atoms with Crippen LogP contribution >= 0.6 is 11.6 Å². The van der Waals surface area contributed by atoms with E-state index in [0.717, 1.165) is 56.4 Å². The Morgan fingerprint density at radius 3 is 2.21 bits per heavy atom. The first-order valence-electron chi connectivity index (χ1n) is 13.7. The van der Waals surface area contributed by atoms with E-state index in [0.29, 0.717) is 21.9 Å². The van der Waals surface area contributed by atoms with Crippen molar-refractivity contribution >= 4 is 22.6 Å². The third kappa shape index (κ3) is 5.21. The first-order valence-corrected chi connectivity index (χ1v) is 14.1. The van der Waals surface area contributed by atoms with Crippen molar-refractivity contribution in [3.8, 4) is 28.5 Å². The summed E-state index contributed by atoms with van der Waals surface area (Å²) in [5, 5.41) is 13.6. The van der Waals surface area contributed by atoms with E-state index in [9.17, 15) is 8.78 Å². The number of aromatic amines is 1. The number of hydrogen-bond donors (Lipinski definition) is 1. The molecule has 3 aromatic carbocycles. The van der Waals surface area contributed by atoms with E-state index in [-0.39, 0.29) is 22.8 Å². The van der Waals surface area contributed by atoms with Crippen LogP contribution in [-0.4, -0.2) is 35.8 Å². The summed E-state index contributed by atoms with van der Waals surface area (Å²) < 4.78 is 68.1. The molecule has 0 radical (unpaired) electrons. The SMILES string of the molecule is CC(C)(Oc1c(F)cc(-c2nnn[nH]2)cc1F)C(C1CCCCC1)n1c(-c2ccc(Cl)cc2)nc2cc(F)c(F)cc21. The normalized spacial score (nSPS) is 15.3. The Bertz CT molecular complexity index is 1710. The quantitative estimate of drug-likeness (QED) is 0.192. The summed E-state index contributed by atoms with van der Waals surface area (Å²) in [6.45, 7) is 3.49. The van der Waals surface area contributed by atoms with E-state index in [4.69, 9.17) is 21.3 Å². The highest BCUT2D eigenvalue weighted by atomic mass is 35.5. The van der Waals surface area contributed by atoms with Crippen LogP contribution in [0.5, 0.6) is 5.75 Å². The Hall–Kier alpha value is -3.99. The minimum atomic E-state index is -1.25. The molecule has 1 aliphatic carbocycles. The summed E-state index contributed by atoms with van der Waals surface area (Å²) >= 11 is 6.15. The van der Waals surface area contributed by atoms with Crippen LogP contribution < -0.4 is 4.74 Å². The number of hydrogen-bond acceptors (Lipinski definition) is 5. The Labute approximate surface area is 243 Å². The topological polar surface area (TPSA) is 81.5 Å². The number of fused-ring (bicyclic) bond motifs is 1. The van der Waals surface area contributed by atoms with Gasteiger partial charge in [-0.3, -0.25) is 0 Å². The molecular formula is C30H27ClF4N6O. The standard InChI is InChI=1S/C30H27ClF4N6O/c1-30(2,42-26-22(34)12-18(13-23(26)35)28-37-39-40-38-28)27(16-6-4-3-5-7-16)41-25-15-21(33)20(32)14-24(25)36-29(41)17-8-10-19(31)11-9-17/h8-16,27H,3-7H2,1-2H3,(H,37,38,39,40). The lowest BCUT2D eigenvalue weighted by molar-refractivity contribution is 0.00772. The zero-order valence-corrected chi connectivity index (χ0v) is 23.6. The second kappa shape index (κ2) is 11.0. The molecule has 12 heteroatoms. The van der Waals surface area contributed by atoms with Crippen molar-refractivity contribution in [2.75, 3.05) is 0 Å². The second-order valence-electron chi connectivity index (χ2n) is 11.1. The molecule has 0 amide bonds. The van der Waals surface area contributed by atoms with Crippen LogP contribution in [0.4, 0.5) is 17.6 Å². The molecule has 2 heterocycles. The number of imidazole rings is 1. The molecule has 7 nitrogen and oxygen atoms in total. The summed E-state index contributed by atoms with van der Waals surface area (Å²) in [6.07, 6.45) is 4.57. The minimum Gasteiger partial charge on any atom is -0.480 e. The fraction of sp³-hybridized carbons (Fsp3) is 0.333. The van der Waals surface area contributed by atoms with E-state index in [1.807, 2.05) is 4.57 Å². The van der Waals surface area contributed by atoms with Gasteiger partial charge in [-0.1, -0.05) is 30.9 Å². The van der Waals surface area contributed by atoms with Gasteiger partial charge in [-0.15, -0.1) is 5.10 Å². The lowest BCUT2D eigenvalue weighted by Gasteiger charge is -2.43. The first-order chi connectivity index (χ1) is 20.1. The molecule has 1 saturated carbocycles. The number of H-pyrrole nitrogens is 1. The summed E-state index contributed by atoms with van der Waals surface area (Å²) in [5.41, 5.74) is 0.124. The molecule has 1 fully saturated rings. The maximum atomic E-state index is 15.4. The third-order valence-corrected chi connectivity index (χ3v) is 8.15. The second-order valence-corrected chi connectivity index (χ2v) is 11.6. The molecule has 1 unspecified atom stereocenters. The number of tetrazole rings is 1. The highest BCUT2D eigenvalue weighted by Crippen LogP contribution is 2.46. The Morgan fingerprint density at radius 2 is 1.57 bits per heavy atom. The van der Waals surface area contributed by atoms with Crippen LogP contribution in [0.1, 0.15) is 52.0 Å². The van der Waals surface area contributed by atoms with Gasteiger partial charge >= 0.3 is 0 Å². The summed E-state index contributed by atoms with van der Waals surface area (Å²) in [5.74, 6) is -3.95. The molecule has 1 N–H and O–H groups in total. The van der Waals surface area contributed by atoms with Gasteiger partial charge in [0.15, 0.2) is 34.8 Å². The van der Waals surface area contributed by atoms with Crippen LogP contribution in [0.25, 0.3) is 33.8 Å². The molecule has 0 aliphatic heterocycles. The van der Waals surface area contributed by atoms with E-state index >= 15 is 8.78 Å². The summed E-state index contributed by atoms with van der Waals surface area (Å²) in [7, 11) is 0. The van der Waals surface area contributed by atoms with Crippen LogP contribution in [0.2, 0.25) is 5.02 Å². The number of rotatable bonds is 7. The van der Waals surface area contributed by atoms with Gasteiger partial charge in [-0.25, -0.2) is 27.6 Å². The zero-order valence-electron chi connectivity index (χ0n) is 22.8. The van der Waals surface area contributed by atoms with Gasteiger partial charge in [0.25, 0.3) is 0 Å². The van der Waals surface area contributed by atoms with Crippen molar-refractivity contribution in [1.82, 2.24) is 30.2 Å². The maximum absolute atomic E-state index is 15.4. The molecule has 42 heavy (non-hydrogen) atoms. The van der Waals surface area contributed by atoms with Crippen LogP contribution in [-0.2, 0) is 0 Å². The van der Waals surface area contributed by atoms with Crippen LogP contribution in [0.3, 0.4) is 0 Å². The van der Waals surface area contributed by atoms with Gasteiger partial charge in [0, 0.05) is 28.3 Å². The van der Waals surface area contributed by atoms with Gasteiger partial charge < -0.3 is 9.30 Å². The average Bonchev–Trinajstić information content (AvgIpc) is 3.61. The van der Waals surface area contributed by atoms with Crippen molar-refractivity contribution in [3.05, 3.63) is 76.8 Å². The predicted molar refractivity (Wildman–Crippen MR) is 150 cm³/mol. The third-order valence-electron chi connectivity index (χ3n) is 7.90. The number of nitrogens with zero attached hydrogens (tertiary/aromatic N) is 5. The fourth-order valence-electron chi connectivity index (χ4n) is 6.11. The Morgan fingerprint density at radius 1 is 0.905 bits per heavy atom. The van der Waals surface area contributed by atoms with Crippen LogP contribution in [0, 0.1) is 29.2 Å². The molecule has 0 spiro atoms. The molecule has 6 rings (SSSR count). The molecule has 0 saturated heterocycles. The molecule has 5 aromatic rings. The molecule has 1 aliphatic rings. The van der Waals surface area contributed by atoms with Gasteiger partial charge in [-0.05, 0) is 79.4 Å². The fourth-order valence-corrected chi connectivity index (χ4v) is 6.24. The average molecular weight is 599 g/mol. The Balaban J connectivity index is 1.52. The van der Waals surface area contributed by atoms with Gasteiger partial charge in [0.05, 0.1) is 17.1 Å². The molecule has 2 aromatic heterocycles. The van der Waals surface area contributed by atoms with E-state index in [1.165, 1.54) is 0 Å². The lowest BCUT2D eigenvalue weighted by Crippen LogP contribution is -2.44. The highest BCUT2D eigenvalue weighted by Gasteiger charge is 2.42. The van der Waals surface area contributed by atoms with Crippen molar-refractivity contribution in [3.63, 3.8) is 0 Å². The number of aromatic nitrogens is 6. The summed E-state index contributed by atoms with van der Waals surface area (Å²) in [4.78, 5) is 4.71. The van der Waals surface area contributed by atoms with Gasteiger partial charge in [0.1, 0.15) is 11.4 Å². The van der Waals surface area contributed by atoms with Crippen molar-refractivity contribution < 1.29 is 22.3 Å². The van der Waals surface area contributed by atoms with E-state index < -0.39 is 40.7 Å². The van der Waals surface area contributed by atoms with E-state index in [2.05, 4.69) is 20.6 Å². The van der Waals surface area contributed by atoms with E-state index in [1.54, 1.807) is 38.1 Å². The zero-order chi connectivity index (χ0) is 29.6. The molecular weight excluding hydrogens is 572 g/mol. The molecule has 1 atom stereocenters. The Kier molecular flexibility index (Phi) is 7.38. The predicted octanol–water partition coefficient (Wildman–Crippen LogP) is 8.07. The maximum Gasteiger partial charge on any atom is 0.191 e. The molecule has 218 valence electrons. The number of benzene rings is 3.